The lowest BCUT2D eigenvalue weighted by Crippen LogP contribution is -2.45. The molecule has 1 aromatic carbocycles. The lowest BCUT2D eigenvalue weighted by Gasteiger charge is -2.43. The van der Waals surface area contributed by atoms with E-state index in [-0.39, 0.29) is 12.1 Å². The number of piperidine rings is 3. The molecule has 6 rings (SSSR count). The van der Waals surface area contributed by atoms with E-state index in [1.807, 2.05) is 33.0 Å². The van der Waals surface area contributed by atoms with Crippen LogP contribution in [0.3, 0.4) is 0 Å². The third-order valence-electron chi connectivity index (χ3n) is 10.5. The number of benzene rings is 1. The highest BCUT2D eigenvalue weighted by Crippen LogP contribution is 2.41. The Labute approximate surface area is 268 Å². The SMILES string of the molecule is CC(C)(C)OC(=O)N1CCC(CC(=O)N2CCC(C3CCN([C@@H]4c5ccc(Cl)cc5CCc5cccnc54)CC3)CC2)CC1. The number of ether oxygens (including phenoxy) is 1. The maximum Gasteiger partial charge on any atom is 0.410 e. The van der Waals surface area contributed by atoms with E-state index in [9.17, 15) is 9.59 Å². The lowest BCUT2D eigenvalue weighted by molar-refractivity contribution is -0.134. The first-order chi connectivity index (χ1) is 21.1. The first kappa shape index (κ1) is 31.3. The molecule has 8 heteroatoms. The van der Waals surface area contributed by atoms with Crippen molar-refractivity contribution in [1.29, 1.82) is 0 Å². The van der Waals surface area contributed by atoms with Crippen molar-refractivity contribution in [3.05, 3.63) is 63.9 Å². The van der Waals surface area contributed by atoms with Gasteiger partial charge in [-0.1, -0.05) is 23.7 Å². The van der Waals surface area contributed by atoms with Crippen molar-refractivity contribution in [2.24, 2.45) is 17.8 Å². The van der Waals surface area contributed by atoms with Gasteiger partial charge in [-0.15, -0.1) is 0 Å². The number of pyridine rings is 1. The molecule has 4 aliphatic rings. The van der Waals surface area contributed by atoms with Crippen molar-refractivity contribution in [3.8, 4) is 0 Å². The Balaban J connectivity index is 0.983. The summed E-state index contributed by atoms with van der Waals surface area (Å²) in [5, 5.41) is 0.813. The third-order valence-corrected chi connectivity index (χ3v) is 10.7. The second-order valence-corrected chi connectivity index (χ2v) is 14.9. The number of hydrogen-bond donors (Lipinski definition) is 0. The number of nitrogens with zero attached hydrogens (tertiary/aromatic N) is 4. The molecule has 1 atom stereocenters. The van der Waals surface area contributed by atoms with Crippen LogP contribution < -0.4 is 0 Å². The monoisotopic (exact) mass is 620 g/mol. The fraction of sp³-hybridized carbons (Fsp3) is 0.639. The van der Waals surface area contributed by atoms with E-state index in [1.54, 1.807) is 4.90 Å². The maximum atomic E-state index is 13.2. The van der Waals surface area contributed by atoms with Gasteiger partial charge in [-0.3, -0.25) is 14.7 Å². The summed E-state index contributed by atoms with van der Waals surface area (Å²) in [4.78, 5) is 37.1. The van der Waals surface area contributed by atoms with Gasteiger partial charge in [-0.25, -0.2) is 4.79 Å². The van der Waals surface area contributed by atoms with Crippen molar-refractivity contribution in [3.63, 3.8) is 0 Å². The Morgan fingerprint density at radius 2 is 1.50 bits per heavy atom. The van der Waals surface area contributed by atoms with Crippen LogP contribution in [0.25, 0.3) is 0 Å². The summed E-state index contributed by atoms with van der Waals surface area (Å²) < 4.78 is 5.52. The van der Waals surface area contributed by atoms with E-state index in [0.717, 1.165) is 75.6 Å². The fourth-order valence-corrected chi connectivity index (χ4v) is 8.24. The first-order valence-corrected chi connectivity index (χ1v) is 17.2. The van der Waals surface area contributed by atoms with Gasteiger partial charge in [-0.05, 0) is 138 Å². The Hall–Kier alpha value is -2.64. The van der Waals surface area contributed by atoms with Crippen LogP contribution in [-0.2, 0) is 22.4 Å². The zero-order chi connectivity index (χ0) is 30.8. The van der Waals surface area contributed by atoms with Gasteiger partial charge in [0.15, 0.2) is 0 Å². The summed E-state index contributed by atoms with van der Waals surface area (Å²) in [7, 11) is 0. The predicted octanol–water partition coefficient (Wildman–Crippen LogP) is 6.91. The number of carbonyl (C=O) groups is 2. The Kier molecular flexibility index (Phi) is 9.53. The number of rotatable bonds is 4. The number of carbonyl (C=O) groups excluding carboxylic acids is 2. The van der Waals surface area contributed by atoms with Gasteiger partial charge in [0.05, 0.1) is 11.7 Å². The zero-order valence-electron chi connectivity index (χ0n) is 26.8. The van der Waals surface area contributed by atoms with E-state index in [1.165, 1.54) is 35.2 Å². The average Bonchev–Trinajstić information content (AvgIpc) is 3.17. The van der Waals surface area contributed by atoms with Crippen LogP contribution in [0.1, 0.15) is 94.1 Å². The predicted molar refractivity (Wildman–Crippen MR) is 174 cm³/mol. The van der Waals surface area contributed by atoms with Crippen molar-refractivity contribution in [2.75, 3.05) is 39.3 Å². The molecule has 3 fully saturated rings. The van der Waals surface area contributed by atoms with Crippen LogP contribution >= 0.6 is 11.6 Å². The van der Waals surface area contributed by atoms with E-state index in [0.29, 0.717) is 37.3 Å². The standard InChI is InChI=1S/C36H49ClN4O3/c1-36(2,3)44-35(43)41-17-10-25(11-18-41)23-32(42)39-19-12-26(13-20-39)27-14-21-40(22-15-27)34-31-9-8-30(37)24-29(31)7-6-28-5-4-16-38-33(28)34/h4-5,8-9,16,24-27,34H,6-7,10-15,17-23H2,1-3H3/t34-/m1/s1. The molecule has 7 nitrogen and oxygen atoms in total. The smallest absolute Gasteiger partial charge is 0.410 e. The Morgan fingerprint density at radius 3 is 2.18 bits per heavy atom. The summed E-state index contributed by atoms with van der Waals surface area (Å²) in [5.74, 6) is 2.07. The fourth-order valence-electron chi connectivity index (χ4n) is 8.04. The highest BCUT2D eigenvalue weighted by atomic mass is 35.5. The molecule has 4 heterocycles. The highest BCUT2D eigenvalue weighted by Gasteiger charge is 2.36. The molecular weight excluding hydrogens is 572 g/mol. The van der Waals surface area contributed by atoms with Gasteiger partial charge < -0.3 is 14.5 Å². The first-order valence-electron chi connectivity index (χ1n) is 16.9. The number of aryl methyl sites for hydroxylation is 2. The number of halogens is 1. The zero-order valence-corrected chi connectivity index (χ0v) is 27.5. The van der Waals surface area contributed by atoms with Gasteiger partial charge in [0, 0.05) is 43.8 Å². The molecule has 1 aromatic heterocycles. The molecular formula is C36H49ClN4O3. The molecule has 2 aromatic rings. The summed E-state index contributed by atoms with van der Waals surface area (Å²) in [6.45, 7) is 11.0. The van der Waals surface area contributed by atoms with E-state index >= 15 is 0 Å². The topological polar surface area (TPSA) is 66.0 Å². The molecule has 3 saturated heterocycles. The van der Waals surface area contributed by atoms with E-state index in [4.69, 9.17) is 21.3 Å². The molecule has 238 valence electrons. The molecule has 0 radical (unpaired) electrons. The maximum absolute atomic E-state index is 13.2. The number of aromatic nitrogens is 1. The Bertz CT molecular complexity index is 1320. The van der Waals surface area contributed by atoms with Crippen molar-refractivity contribution in [1.82, 2.24) is 19.7 Å². The van der Waals surface area contributed by atoms with Crippen LogP contribution in [-0.4, -0.2) is 76.6 Å². The van der Waals surface area contributed by atoms with E-state index in [2.05, 4.69) is 34.1 Å². The molecule has 0 saturated carbocycles. The second kappa shape index (κ2) is 13.4. The number of amides is 2. The molecule has 0 N–H and O–H groups in total. The minimum absolute atomic E-state index is 0.192. The van der Waals surface area contributed by atoms with E-state index < -0.39 is 5.60 Å². The van der Waals surface area contributed by atoms with Crippen molar-refractivity contribution >= 4 is 23.6 Å². The molecule has 2 amide bonds. The molecule has 0 bridgehead atoms. The molecule has 1 aliphatic carbocycles. The minimum Gasteiger partial charge on any atom is -0.444 e. The Morgan fingerprint density at radius 1 is 0.864 bits per heavy atom. The summed E-state index contributed by atoms with van der Waals surface area (Å²) >= 11 is 6.42. The minimum atomic E-state index is -0.479. The quantitative estimate of drug-likeness (QED) is 0.372. The van der Waals surface area contributed by atoms with Crippen molar-refractivity contribution in [2.45, 2.75) is 90.2 Å². The normalized spacial score (nSPS) is 22.7. The van der Waals surface area contributed by atoms with Gasteiger partial charge in [0.1, 0.15) is 5.60 Å². The third kappa shape index (κ3) is 7.25. The molecule has 3 aliphatic heterocycles. The van der Waals surface area contributed by atoms with Gasteiger partial charge in [-0.2, -0.15) is 0 Å². The van der Waals surface area contributed by atoms with Crippen molar-refractivity contribution < 1.29 is 14.3 Å². The molecule has 0 spiro atoms. The van der Waals surface area contributed by atoms with Crippen LogP contribution in [0.5, 0.6) is 0 Å². The van der Waals surface area contributed by atoms with Crippen LogP contribution in [0, 0.1) is 17.8 Å². The number of likely N-dealkylation sites (tertiary alicyclic amines) is 3. The van der Waals surface area contributed by atoms with Gasteiger partial charge >= 0.3 is 6.09 Å². The lowest BCUT2D eigenvalue weighted by atomic mass is 9.78. The van der Waals surface area contributed by atoms with Gasteiger partial charge in [0.2, 0.25) is 5.91 Å². The largest absolute Gasteiger partial charge is 0.444 e. The number of fused-ring (bicyclic) bond motifs is 2. The van der Waals surface area contributed by atoms with Crippen LogP contribution in [0.2, 0.25) is 5.02 Å². The summed E-state index contributed by atoms with van der Waals surface area (Å²) in [6.07, 6.45) is 10.7. The highest BCUT2D eigenvalue weighted by molar-refractivity contribution is 6.30. The molecule has 44 heavy (non-hydrogen) atoms. The van der Waals surface area contributed by atoms with Gasteiger partial charge in [0.25, 0.3) is 0 Å². The average molecular weight is 621 g/mol. The van der Waals surface area contributed by atoms with Crippen LogP contribution in [0.4, 0.5) is 4.79 Å². The number of hydrogen-bond acceptors (Lipinski definition) is 5. The summed E-state index contributed by atoms with van der Waals surface area (Å²) in [5.41, 5.74) is 4.82. The summed E-state index contributed by atoms with van der Waals surface area (Å²) in [6, 6.07) is 10.9. The van der Waals surface area contributed by atoms with Crippen LogP contribution in [0.15, 0.2) is 36.5 Å². The molecule has 0 unspecified atom stereocenters. The second-order valence-electron chi connectivity index (χ2n) is 14.5.